The first-order chi connectivity index (χ1) is 14.1. The fraction of sp³-hybridized carbons (Fsp3) is 0.318. The van der Waals surface area contributed by atoms with E-state index in [1.54, 1.807) is 18.3 Å². The Kier molecular flexibility index (Phi) is 5.55. The summed E-state index contributed by atoms with van der Waals surface area (Å²) in [6, 6.07) is 13.1. The predicted molar refractivity (Wildman–Crippen MR) is 114 cm³/mol. The fourth-order valence-corrected chi connectivity index (χ4v) is 3.59. The number of nitrogens with zero attached hydrogens (tertiary/aromatic N) is 5. The summed E-state index contributed by atoms with van der Waals surface area (Å²) in [6.07, 6.45) is 1.68. The Morgan fingerprint density at radius 2 is 1.72 bits per heavy atom. The SMILES string of the molecule is Cc1cccc(N2CCN(c3cnnc(NCc4ccccc4F)n3)CC2)c1C. The molecule has 0 unspecified atom stereocenters. The van der Waals surface area contributed by atoms with Crippen LogP contribution in [0.2, 0.25) is 0 Å². The average Bonchev–Trinajstić information content (AvgIpc) is 2.75. The van der Waals surface area contributed by atoms with Crippen LogP contribution in [0.4, 0.5) is 21.8 Å². The van der Waals surface area contributed by atoms with Crippen LogP contribution in [0.25, 0.3) is 0 Å². The van der Waals surface area contributed by atoms with Crippen molar-refractivity contribution in [3.8, 4) is 0 Å². The summed E-state index contributed by atoms with van der Waals surface area (Å²) in [7, 11) is 0. The molecule has 1 N–H and O–H groups in total. The van der Waals surface area contributed by atoms with Crippen LogP contribution in [0.1, 0.15) is 16.7 Å². The summed E-state index contributed by atoms with van der Waals surface area (Å²) in [5.41, 5.74) is 4.53. The molecule has 0 spiro atoms. The van der Waals surface area contributed by atoms with Gasteiger partial charge in [0, 0.05) is 44.0 Å². The van der Waals surface area contributed by atoms with E-state index < -0.39 is 0 Å². The number of rotatable bonds is 5. The van der Waals surface area contributed by atoms with Gasteiger partial charge in [0.2, 0.25) is 5.95 Å². The molecular formula is C22H25FN6. The molecule has 1 fully saturated rings. The van der Waals surface area contributed by atoms with Crippen LogP contribution in [-0.2, 0) is 6.54 Å². The largest absolute Gasteiger partial charge is 0.368 e. The van der Waals surface area contributed by atoms with E-state index in [1.165, 1.54) is 22.9 Å². The lowest BCUT2D eigenvalue weighted by molar-refractivity contribution is 0.612. The molecule has 1 aliphatic heterocycles. The molecule has 1 saturated heterocycles. The minimum atomic E-state index is -0.244. The molecular weight excluding hydrogens is 367 g/mol. The molecule has 7 heteroatoms. The first-order valence-corrected chi connectivity index (χ1v) is 9.85. The maximum absolute atomic E-state index is 13.8. The Morgan fingerprint density at radius 3 is 2.52 bits per heavy atom. The van der Waals surface area contributed by atoms with Crippen LogP contribution in [-0.4, -0.2) is 41.4 Å². The van der Waals surface area contributed by atoms with Gasteiger partial charge < -0.3 is 15.1 Å². The molecule has 1 aliphatic rings. The molecule has 29 heavy (non-hydrogen) atoms. The lowest BCUT2D eigenvalue weighted by Crippen LogP contribution is -2.47. The van der Waals surface area contributed by atoms with Crippen molar-refractivity contribution in [2.75, 3.05) is 41.3 Å². The number of aromatic nitrogens is 3. The smallest absolute Gasteiger partial charge is 0.244 e. The third-order valence-corrected chi connectivity index (χ3v) is 5.46. The quantitative estimate of drug-likeness (QED) is 0.716. The molecule has 2 heterocycles. The molecule has 0 bridgehead atoms. The highest BCUT2D eigenvalue weighted by Crippen LogP contribution is 2.25. The van der Waals surface area contributed by atoms with Gasteiger partial charge in [0.05, 0.1) is 6.20 Å². The van der Waals surface area contributed by atoms with E-state index in [2.05, 4.69) is 62.3 Å². The second-order valence-corrected chi connectivity index (χ2v) is 7.28. The van der Waals surface area contributed by atoms with Crippen molar-refractivity contribution in [1.29, 1.82) is 0 Å². The third kappa shape index (κ3) is 4.29. The lowest BCUT2D eigenvalue weighted by atomic mass is 10.1. The van der Waals surface area contributed by atoms with E-state index in [4.69, 9.17) is 0 Å². The van der Waals surface area contributed by atoms with Crippen LogP contribution in [0.5, 0.6) is 0 Å². The van der Waals surface area contributed by atoms with Crippen molar-refractivity contribution >= 4 is 17.5 Å². The molecule has 0 amide bonds. The highest BCUT2D eigenvalue weighted by molar-refractivity contribution is 5.57. The first-order valence-electron chi connectivity index (χ1n) is 9.85. The van der Waals surface area contributed by atoms with E-state index in [1.807, 2.05) is 6.07 Å². The molecule has 1 aromatic heterocycles. The van der Waals surface area contributed by atoms with Crippen LogP contribution in [0.3, 0.4) is 0 Å². The molecule has 0 atom stereocenters. The maximum Gasteiger partial charge on any atom is 0.244 e. The van der Waals surface area contributed by atoms with Gasteiger partial charge in [-0.3, -0.25) is 0 Å². The Hall–Kier alpha value is -3.22. The van der Waals surface area contributed by atoms with Crippen LogP contribution in [0.15, 0.2) is 48.7 Å². The molecule has 0 radical (unpaired) electrons. The Labute approximate surface area is 170 Å². The topological polar surface area (TPSA) is 57.2 Å². The van der Waals surface area contributed by atoms with Crippen molar-refractivity contribution in [2.24, 2.45) is 0 Å². The van der Waals surface area contributed by atoms with Crippen LogP contribution in [0, 0.1) is 19.7 Å². The standard InChI is InChI=1S/C22H25FN6/c1-16-6-5-9-20(17(16)2)28-10-12-29(13-11-28)21-15-25-27-22(26-21)24-14-18-7-3-4-8-19(18)23/h3-9,15H,10-14H2,1-2H3,(H,24,26,27). The van der Waals surface area contributed by atoms with Gasteiger partial charge in [-0.25, -0.2) is 4.39 Å². The summed E-state index contributed by atoms with van der Waals surface area (Å²) in [5, 5.41) is 11.2. The van der Waals surface area contributed by atoms with Gasteiger partial charge in [-0.15, -0.1) is 5.10 Å². The van der Waals surface area contributed by atoms with E-state index in [-0.39, 0.29) is 5.82 Å². The van der Waals surface area contributed by atoms with Crippen molar-refractivity contribution in [3.05, 3.63) is 71.2 Å². The number of halogens is 1. The maximum atomic E-state index is 13.8. The van der Waals surface area contributed by atoms with E-state index in [0.717, 1.165) is 32.0 Å². The molecule has 3 aromatic rings. The third-order valence-electron chi connectivity index (χ3n) is 5.46. The first kappa shape index (κ1) is 19.1. The monoisotopic (exact) mass is 392 g/mol. The van der Waals surface area contributed by atoms with Gasteiger partial charge in [-0.05, 0) is 37.1 Å². The Morgan fingerprint density at radius 1 is 0.966 bits per heavy atom. The summed E-state index contributed by atoms with van der Waals surface area (Å²) < 4.78 is 13.8. The molecule has 4 rings (SSSR count). The van der Waals surface area contributed by atoms with Crippen molar-refractivity contribution in [3.63, 3.8) is 0 Å². The number of benzene rings is 2. The second kappa shape index (κ2) is 8.43. The van der Waals surface area contributed by atoms with E-state index >= 15 is 0 Å². The number of aryl methyl sites for hydroxylation is 1. The molecule has 0 saturated carbocycles. The van der Waals surface area contributed by atoms with Gasteiger partial charge in [-0.2, -0.15) is 10.1 Å². The van der Waals surface area contributed by atoms with Crippen molar-refractivity contribution < 1.29 is 4.39 Å². The van der Waals surface area contributed by atoms with E-state index in [0.29, 0.717) is 18.1 Å². The van der Waals surface area contributed by atoms with Gasteiger partial charge in [-0.1, -0.05) is 30.3 Å². The number of hydrogen-bond donors (Lipinski definition) is 1. The Bertz CT molecular complexity index is 985. The minimum Gasteiger partial charge on any atom is -0.368 e. The normalized spacial score (nSPS) is 14.2. The number of piperazine rings is 1. The number of nitrogens with one attached hydrogen (secondary N) is 1. The zero-order valence-electron chi connectivity index (χ0n) is 16.8. The average molecular weight is 392 g/mol. The summed E-state index contributed by atoms with van der Waals surface area (Å²) >= 11 is 0. The van der Waals surface area contributed by atoms with Crippen LogP contribution < -0.4 is 15.1 Å². The van der Waals surface area contributed by atoms with Crippen LogP contribution >= 0.6 is 0 Å². The molecule has 6 nitrogen and oxygen atoms in total. The second-order valence-electron chi connectivity index (χ2n) is 7.28. The predicted octanol–water partition coefficient (Wildman–Crippen LogP) is 3.57. The molecule has 0 aliphatic carbocycles. The van der Waals surface area contributed by atoms with Crippen molar-refractivity contribution in [2.45, 2.75) is 20.4 Å². The Balaban J connectivity index is 1.39. The number of hydrogen-bond acceptors (Lipinski definition) is 6. The zero-order valence-corrected chi connectivity index (χ0v) is 16.8. The minimum absolute atomic E-state index is 0.244. The number of anilines is 3. The lowest BCUT2D eigenvalue weighted by Gasteiger charge is -2.37. The highest BCUT2D eigenvalue weighted by Gasteiger charge is 2.20. The highest BCUT2D eigenvalue weighted by atomic mass is 19.1. The molecule has 2 aromatic carbocycles. The summed E-state index contributed by atoms with van der Waals surface area (Å²) in [6.45, 7) is 8.21. The van der Waals surface area contributed by atoms with Gasteiger partial charge in [0.25, 0.3) is 0 Å². The summed E-state index contributed by atoms with van der Waals surface area (Å²) in [5.74, 6) is 0.950. The van der Waals surface area contributed by atoms with Gasteiger partial charge in [0.15, 0.2) is 5.82 Å². The fourth-order valence-electron chi connectivity index (χ4n) is 3.59. The summed E-state index contributed by atoms with van der Waals surface area (Å²) in [4.78, 5) is 9.21. The van der Waals surface area contributed by atoms with Gasteiger partial charge in [0.1, 0.15) is 5.82 Å². The van der Waals surface area contributed by atoms with Gasteiger partial charge >= 0.3 is 0 Å². The molecule has 150 valence electrons. The van der Waals surface area contributed by atoms with Crippen molar-refractivity contribution in [1.82, 2.24) is 15.2 Å². The zero-order chi connectivity index (χ0) is 20.2. The van der Waals surface area contributed by atoms with E-state index in [9.17, 15) is 4.39 Å².